The minimum atomic E-state index is -4.42. The van der Waals surface area contributed by atoms with Gasteiger partial charge in [-0.15, -0.1) is 0 Å². The molecule has 7 atom stereocenters. The van der Waals surface area contributed by atoms with E-state index in [0.717, 1.165) is 0 Å². The van der Waals surface area contributed by atoms with Crippen molar-refractivity contribution in [1.82, 2.24) is 30.9 Å². The molecule has 0 radical (unpaired) electrons. The Labute approximate surface area is 195 Å². The average Bonchev–Trinajstić information content (AvgIpc) is 3.36. The monoisotopic (exact) mass is 522 g/mol. The summed E-state index contributed by atoms with van der Waals surface area (Å²) in [4.78, 5) is 0. The lowest BCUT2D eigenvalue weighted by Gasteiger charge is -2.42. The lowest BCUT2D eigenvalue weighted by molar-refractivity contribution is -0.187. The van der Waals surface area contributed by atoms with Gasteiger partial charge in [-0.05, 0) is 44.1 Å². The first-order valence-corrected chi connectivity index (χ1v) is 13.1. The van der Waals surface area contributed by atoms with E-state index in [1.807, 2.05) is 0 Å². The van der Waals surface area contributed by atoms with Gasteiger partial charge in [-0.1, -0.05) is 0 Å². The predicted molar refractivity (Wildman–Crippen MR) is 111 cm³/mol. The Balaban J connectivity index is 1.45. The van der Waals surface area contributed by atoms with Gasteiger partial charge < -0.3 is 5.32 Å². The first kappa shape index (κ1) is 26.4. The Morgan fingerprint density at radius 1 is 1.03 bits per heavy atom. The van der Waals surface area contributed by atoms with Crippen LogP contribution >= 0.6 is 0 Å². The molecule has 0 spiro atoms. The van der Waals surface area contributed by atoms with E-state index >= 15 is 0 Å². The molecule has 3 saturated heterocycles. The number of hydrazine groups is 2. The highest BCUT2D eigenvalue weighted by molar-refractivity contribution is 7.90. The van der Waals surface area contributed by atoms with Gasteiger partial charge in [-0.3, -0.25) is 10.9 Å². The number of halogens is 6. The van der Waals surface area contributed by atoms with Crippen LogP contribution in [0.5, 0.6) is 0 Å². The number of rotatable bonds is 5. The van der Waals surface area contributed by atoms with Gasteiger partial charge in [-0.2, -0.15) is 26.3 Å². The molecule has 3 heterocycles. The van der Waals surface area contributed by atoms with Crippen LogP contribution in [0.4, 0.5) is 26.3 Å². The van der Waals surface area contributed by atoms with Crippen LogP contribution in [0, 0.1) is 17.8 Å². The minimum Gasteiger partial charge on any atom is -0.301 e. The summed E-state index contributed by atoms with van der Waals surface area (Å²) in [6.45, 7) is 0.649. The molecule has 4 rings (SSSR count). The van der Waals surface area contributed by atoms with E-state index in [0.29, 0.717) is 13.0 Å². The number of alkyl halides is 6. The molecule has 0 amide bonds. The largest absolute Gasteiger partial charge is 0.391 e. The summed E-state index contributed by atoms with van der Waals surface area (Å²) in [5.41, 5.74) is 5.97. The summed E-state index contributed by atoms with van der Waals surface area (Å²) in [7, 11) is -2.35. The fourth-order valence-corrected chi connectivity index (χ4v) is 7.47. The zero-order valence-corrected chi connectivity index (χ0v) is 19.6. The topological polar surface area (TPSA) is 88.7 Å². The van der Waals surface area contributed by atoms with Crippen molar-refractivity contribution in [1.29, 1.82) is 0 Å². The number of likely N-dealkylation sites (N-methyl/N-ethyl adjacent to an activating group) is 1. The Kier molecular flexibility index (Phi) is 7.47. The number of hydrogen-bond donors (Lipinski definition) is 4. The van der Waals surface area contributed by atoms with Crippen molar-refractivity contribution in [2.75, 3.05) is 33.2 Å². The zero-order chi connectivity index (χ0) is 24.9. The molecular weight excluding hydrogens is 490 g/mol. The standard InChI is InChI=1S/C19H32F6N6O2S/c1-30-17-12(8-27-30)3-2-11(7-18(20,21)22)16(17)29-34(32,33)14-9-28-31(10-14)15-6-13(4-5-26-15)19(23,24)25/h11-17,26-29H,2-10H2,1H3. The summed E-state index contributed by atoms with van der Waals surface area (Å²) in [6.07, 6.45) is -9.88. The Hall–Kier alpha value is -0.710. The molecule has 1 saturated carbocycles. The van der Waals surface area contributed by atoms with E-state index in [2.05, 4.69) is 20.9 Å². The molecule has 4 fully saturated rings. The molecular formula is C19H32F6N6O2S. The van der Waals surface area contributed by atoms with Crippen LogP contribution in [0.3, 0.4) is 0 Å². The van der Waals surface area contributed by atoms with E-state index in [1.165, 1.54) is 5.01 Å². The van der Waals surface area contributed by atoms with E-state index in [4.69, 9.17) is 0 Å². The van der Waals surface area contributed by atoms with Crippen molar-refractivity contribution in [2.45, 2.75) is 68.0 Å². The van der Waals surface area contributed by atoms with Crippen LogP contribution in [0.15, 0.2) is 0 Å². The number of piperidine rings is 1. The van der Waals surface area contributed by atoms with Crippen LogP contribution in [0.2, 0.25) is 0 Å². The smallest absolute Gasteiger partial charge is 0.301 e. The molecule has 0 aromatic carbocycles. The van der Waals surface area contributed by atoms with Crippen LogP contribution in [0.25, 0.3) is 0 Å². The lowest BCUT2D eigenvalue weighted by atomic mass is 9.74. The SMILES string of the molecule is CN1NCC2CCC(CC(F)(F)F)C(NS(=O)(=O)C3CNN(C4CC(C(F)(F)F)CCN4)C3)C21. The second-order valence-electron chi connectivity index (χ2n) is 9.94. The highest BCUT2D eigenvalue weighted by Gasteiger charge is 2.51. The normalized spacial score (nSPS) is 38.9. The van der Waals surface area contributed by atoms with Gasteiger partial charge in [-0.25, -0.2) is 23.2 Å². The number of sulfonamides is 1. The zero-order valence-electron chi connectivity index (χ0n) is 18.8. The third-order valence-electron chi connectivity index (χ3n) is 7.69. The van der Waals surface area contributed by atoms with Crippen molar-refractivity contribution in [2.24, 2.45) is 17.8 Å². The van der Waals surface area contributed by atoms with Crippen LogP contribution in [-0.2, 0) is 10.0 Å². The quantitative estimate of drug-likeness (QED) is 0.403. The van der Waals surface area contributed by atoms with E-state index in [1.54, 1.807) is 12.1 Å². The fourth-order valence-electron chi connectivity index (χ4n) is 5.92. The number of nitrogens with zero attached hydrogens (tertiary/aromatic N) is 2. The van der Waals surface area contributed by atoms with Gasteiger partial charge in [0.1, 0.15) is 5.25 Å². The van der Waals surface area contributed by atoms with Gasteiger partial charge in [0.25, 0.3) is 0 Å². The molecule has 198 valence electrons. The fraction of sp³-hybridized carbons (Fsp3) is 1.00. The number of fused-ring (bicyclic) bond motifs is 1. The highest BCUT2D eigenvalue weighted by atomic mass is 32.2. The maximum Gasteiger partial charge on any atom is 0.391 e. The minimum absolute atomic E-state index is 0.0248. The van der Waals surface area contributed by atoms with Gasteiger partial charge >= 0.3 is 12.4 Å². The second kappa shape index (κ2) is 9.63. The molecule has 4 N–H and O–H groups in total. The maximum atomic E-state index is 13.3. The molecule has 0 aromatic rings. The molecule has 1 aliphatic carbocycles. The number of nitrogens with one attached hydrogen (secondary N) is 4. The molecule has 34 heavy (non-hydrogen) atoms. The Morgan fingerprint density at radius 2 is 1.76 bits per heavy atom. The maximum absolute atomic E-state index is 13.3. The second-order valence-corrected chi connectivity index (χ2v) is 11.9. The third kappa shape index (κ3) is 5.81. The lowest BCUT2D eigenvalue weighted by Crippen LogP contribution is -2.59. The third-order valence-corrected chi connectivity index (χ3v) is 9.49. The van der Waals surface area contributed by atoms with E-state index in [-0.39, 0.29) is 44.8 Å². The van der Waals surface area contributed by atoms with Crippen molar-refractivity contribution in [3.63, 3.8) is 0 Å². The predicted octanol–water partition coefficient (Wildman–Crippen LogP) is 1.15. The summed E-state index contributed by atoms with van der Waals surface area (Å²) >= 11 is 0. The van der Waals surface area contributed by atoms with Crippen LogP contribution in [-0.4, -0.2) is 87.5 Å². The molecule has 0 bridgehead atoms. The summed E-state index contributed by atoms with van der Waals surface area (Å²) in [5, 5.41) is 5.17. The summed E-state index contributed by atoms with van der Waals surface area (Å²) in [5.74, 6) is -2.33. The number of hydrogen-bond acceptors (Lipinski definition) is 7. The Morgan fingerprint density at radius 3 is 2.44 bits per heavy atom. The first-order valence-electron chi connectivity index (χ1n) is 11.6. The average molecular weight is 523 g/mol. The molecule has 4 aliphatic rings. The van der Waals surface area contributed by atoms with E-state index < -0.39 is 64.1 Å². The molecule has 15 heteroatoms. The Bertz CT molecular complexity index is 827. The van der Waals surface area contributed by atoms with Crippen molar-refractivity contribution in [3.8, 4) is 0 Å². The van der Waals surface area contributed by atoms with Crippen molar-refractivity contribution < 1.29 is 34.8 Å². The van der Waals surface area contributed by atoms with E-state index in [9.17, 15) is 34.8 Å². The van der Waals surface area contributed by atoms with Gasteiger partial charge in [0, 0.05) is 45.2 Å². The first-order chi connectivity index (χ1) is 15.7. The molecule has 8 nitrogen and oxygen atoms in total. The molecule has 3 aliphatic heterocycles. The van der Waals surface area contributed by atoms with Crippen molar-refractivity contribution in [3.05, 3.63) is 0 Å². The molecule has 7 unspecified atom stereocenters. The highest BCUT2D eigenvalue weighted by Crippen LogP contribution is 2.40. The van der Waals surface area contributed by atoms with Gasteiger partial charge in [0.15, 0.2) is 0 Å². The van der Waals surface area contributed by atoms with Crippen LogP contribution < -0.4 is 20.9 Å². The summed E-state index contributed by atoms with van der Waals surface area (Å²) in [6, 6.07) is -1.32. The van der Waals surface area contributed by atoms with Gasteiger partial charge in [0.2, 0.25) is 10.0 Å². The van der Waals surface area contributed by atoms with Crippen molar-refractivity contribution >= 4 is 10.0 Å². The van der Waals surface area contributed by atoms with Gasteiger partial charge in [0.05, 0.1) is 12.1 Å². The molecule has 0 aromatic heterocycles. The summed E-state index contributed by atoms with van der Waals surface area (Å²) < 4.78 is 108. The van der Waals surface area contributed by atoms with Crippen LogP contribution in [0.1, 0.15) is 32.1 Å².